The minimum atomic E-state index is -0.252. The van der Waals surface area contributed by atoms with Gasteiger partial charge < -0.3 is 19.8 Å². The van der Waals surface area contributed by atoms with Gasteiger partial charge >= 0.3 is 0 Å². The lowest BCUT2D eigenvalue weighted by Crippen LogP contribution is -2.18. The Kier molecular flexibility index (Phi) is 4.87. The number of nitrogens with two attached hydrogens (primary N) is 1. The quantitative estimate of drug-likeness (QED) is 0.798. The van der Waals surface area contributed by atoms with E-state index in [0.29, 0.717) is 30.8 Å². The first-order valence-electron chi connectivity index (χ1n) is 8.33. The molecule has 0 radical (unpaired) electrons. The standard InChI is InChI=1S/C18H25FN2O2/c1-12(20)11-13-14-5-3-8-21(14)15-6-7-16(18(19)17(13)15)23-10-4-9-22-2/h6-7,12H,3-5,8-11,20H2,1-2H3/t12-/m0/s1. The lowest BCUT2D eigenvalue weighted by atomic mass is 10.0. The second kappa shape index (κ2) is 6.89. The molecule has 1 aliphatic rings. The number of hydrogen-bond donors (Lipinski definition) is 1. The van der Waals surface area contributed by atoms with E-state index in [2.05, 4.69) is 4.57 Å². The third kappa shape index (κ3) is 3.08. The van der Waals surface area contributed by atoms with E-state index in [4.69, 9.17) is 15.2 Å². The van der Waals surface area contributed by atoms with Crippen LogP contribution >= 0.6 is 0 Å². The number of halogens is 1. The smallest absolute Gasteiger partial charge is 0.174 e. The summed E-state index contributed by atoms with van der Waals surface area (Å²) in [5, 5.41) is 0.696. The predicted molar refractivity (Wildman–Crippen MR) is 89.6 cm³/mol. The summed E-state index contributed by atoms with van der Waals surface area (Å²) in [6.45, 7) is 3.99. The first kappa shape index (κ1) is 16.3. The molecule has 1 aromatic carbocycles. The summed E-state index contributed by atoms with van der Waals surface area (Å²) >= 11 is 0. The molecule has 1 atom stereocenters. The Bertz CT molecular complexity index is 694. The molecule has 126 valence electrons. The summed E-state index contributed by atoms with van der Waals surface area (Å²) in [4.78, 5) is 0. The lowest BCUT2D eigenvalue weighted by Gasteiger charge is -2.10. The van der Waals surface area contributed by atoms with Gasteiger partial charge in [-0.25, -0.2) is 4.39 Å². The van der Waals surface area contributed by atoms with E-state index in [1.54, 1.807) is 13.2 Å². The van der Waals surface area contributed by atoms with E-state index < -0.39 is 0 Å². The number of benzene rings is 1. The van der Waals surface area contributed by atoms with Gasteiger partial charge in [0.05, 0.1) is 12.1 Å². The van der Waals surface area contributed by atoms with Crippen molar-refractivity contribution in [3.05, 3.63) is 29.2 Å². The molecule has 0 saturated carbocycles. The Hall–Kier alpha value is -1.59. The average Bonchev–Trinajstić information content (AvgIpc) is 3.08. The summed E-state index contributed by atoms with van der Waals surface area (Å²) in [7, 11) is 1.65. The van der Waals surface area contributed by atoms with E-state index in [1.807, 2.05) is 13.0 Å². The number of nitrogens with zero attached hydrogens (tertiary/aromatic N) is 1. The van der Waals surface area contributed by atoms with Crippen molar-refractivity contribution in [2.45, 2.75) is 45.2 Å². The van der Waals surface area contributed by atoms with Crippen molar-refractivity contribution in [2.75, 3.05) is 20.3 Å². The Labute approximate surface area is 136 Å². The first-order valence-corrected chi connectivity index (χ1v) is 8.33. The molecule has 0 spiro atoms. The van der Waals surface area contributed by atoms with Gasteiger partial charge in [-0.1, -0.05) is 0 Å². The molecule has 0 fully saturated rings. The van der Waals surface area contributed by atoms with Gasteiger partial charge in [0.25, 0.3) is 0 Å². The molecule has 0 aliphatic carbocycles. The maximum absolute atomic E-state index is 15.0. The van der Waals surface area contributed by atoms with Gasteiger partial charge in [0.15, 0.2) is 11.6 Å². The zero-order valence-electron chi connectivity index (χ0n) is 13.9. The minimum absolute atomic E-state index is 0.0107. The number of hydrogen-bond acceptors (Lipinski definition) is 3. The van der Waals surface area contributed by atoms with Gasteiger partial charge in [-0.3, -0.25) is 0 Å². The fourth-order valence-corrected chi connectivity index (χ4v) is 3.50. The van der Waals surface area contributed by atoms with Crippen LogP contribution in [0.15, 0.2) is 12.1 Å². The zero-order valence-corrected chi connectivity index (χ0v) is 13.9. The van der Waals surface area contributed by atoms with Crippen LogP contribution in [0, 0.1) is 5.82 Å². The van der Waals surface area contributed by atoms with Crippen LogP contribution in [0.5, 0.6) is 5.75 Å². The van der Waals surface area contributed by atoms with Crippen molar-refractivity contribution in [2.24, 2.45) is 5.73 Å². The zero-order chi connectivity index (χ0) is 16.4. The number of methoxy groups -OCH3 is 1. The fraction of sp³-hybridized carbons (Fsp3) is 0.556. The van der Waals surface area contributed by atoms with Gasteiger partial charge in [-0.05, 0) is 43.9 Å². The van der Waals surface area contributed by atoms with Crippen LogP contribution in [0.25, 0.3) is 10.9 Å². The molecule has 2 aromatic rings. The van der Waals surface area contributed by atoms with Gasteiger partial charge in [-0.15, -0.1) is 0 Å². The molecule has 0 bridgehead atoms. The third-order valence-electron chi connectivity index (χ3n) is 4.42. The topological polar surface area (TPSA) is 49.4 Å². The van der Waals surface area contributed by atoms with Crippen LogP contribution in [0.2, 0.25) is 0 Å². The Morgan fingerprint density at radius 2 is 2.17 bits per heavy atom. The number of aromatic nitrogens is 1. The highest BCUT2D eigenvalue weighted by molar-refractivity contribution is 5.88. The van der Waals surface area contributed by atoms with E-state index >= 15 is 4.39 Å². The van der Waals surface area contributed by atoms with Crippen molar-refractivity contribution in [1.29, 1.82) is 0 Å². The van der Waals surface area contributed by atoms with Crippen molar-refractivity contribution < 1.29 is 13.9 Å². The molecule has 23 heavy (non-hydrogen) atoms. The molecular formula is C18H25FN2O2. The second-order valence-electron chi connectivity index (χ2n) is 6.33. The van der Waals surface area contributed by atoms with Crippen molar-refractivity contribution >= 4 is 10.9 Å². The highest BCUT2D eigenvalue weighted by atomic mass is 19.1. The van der Waals surface area contributed by atoms with Crippen molar-refractivity contribution in [3.63, 3.8) is 0 Å². The number of fused-ring (bicyclic) bond motifs is 3. The molecule has 0 unspecified atom stereocenters. The van der Waals surface area contributed by atoms with Crippen molar-refractivity contribution in [3.8, 4) is 5.75 Å². The van der Waals surface area contributed by atoms with Gasteiger partial charge in [0.2, 0.25) is 0 Å². The normalized spacial score (nSPS) is 15.1. The summed E-state index contributed by atoms with van der Waals surface area (Å²) in [6, 6.07) is 3.73. The molecule has 0 saturated heterocycles. The summed E-state index contributed by atoms with van der Waals surface area (Å²) < 4.78 is 27.9. The van der Waals surface area contributed by atoms with E-state index in [0.717, 1.165) is 36.9 Å². The largest absolute Gasteiger partial charge is 0.490 e. The van der Waals surface area contributed by atoms with E-state index in [9.17, 15) is 0 Å². The van der Waals surface area contributed by atoms with Gasteiger partial charge in [0.1, 0.15) is 0 Å². The second-order valence-corrected chi connectivity index (χ2v) is 6.33. The van der Waals surface area contributed by atoms with Crippen LogP contribution in [0.3, 0.4) is 0 Å². The average molecular weight is 320 g/mol. The Morgan fingerprint density at radius 3 is 2.91 bits per heavy atom. The van der Waals surface area contributed by atoms with Crippen molar-refractivity contribution in [1.82, 2.24) is 4.57 Å². The van der Waals surface area contributed by atoms with Crippen LogP contribution < -0.4 is 10.5 Å². The number of ether oxygens (including phenoxy) is 2. The summed E-state index contributed by atoms with van der Waals surface area (Å²) in [6.07, 6.45) is 3.56. The highest BCUT2D eigenvalue weighted by Crippen LogP contribution is 2.37. The van der Waals surface area contributed by atoms with Crippen LogP contribution in [-0.4, -0.2) is 30.9 Å². The number of aryl methyl sites for hydroxylation is 1. The fourth-order valence-electron chi connectivity index (χ4n) is 3.50. The Morgan fingerprint density at radius 1 is 1.35 bits per heavy atom. The van der Waals surface area contributed by atoms with Gasteiger partial charge in [0, 0.05) is 43.8 Å². The summed E-state index contributed by atoms with van der Waals surface area (Å²) in [5.74, 6) is 0.0706. The minimum Gasteiger partial charge on any atom is -0.490 e. The van der Waals surface area contributed by atoms with E-state index in [1.165, 1.54) is 5.69 Å². The molecule has 5 heteroatoms. The SMILES string of the molecule is COCCCOc1ccc2c(c1F)c(C[C@H](C)N)c1n2CCC1. The maximum Gasteiger partial charge on any atom is 0.174 e. The molecule has 3 rings (SSSR count). The number of rotatable bonds is 7. The molecule has 1 aliphatic heterocycles. The molecule has 2 heterocycles. The van der Waals surface area contributed by atoms with Gasteiger partial charge in [-0.2, -0.15) is 0 Å². The molecule has 1 aromatic heterocycles. The Balaban J connectivity index is 1.98. The lowest BCUT2D eigenvalue weighted by molar-refractivity contribution is 0.170. The first-order chi connectivity index (χ1) is 11.1. The predicted octanol–water partition coefficient (Wildman–Crippen LogP) is 3.03. The summed E-state index contributed by atoms with van der Waals surface area (Å²) in [5.41, 5.74) is 9.27. The third-order valence-corrected chi connectivity index (χ3v) is 4.42. The molecular weight excluding hydrogens is 295 g/mol. The molecule has 2 N–H and O–H groups in total. The monoisotopic (exact) mass is 320 g/mol. The van der Waals surface area contributed by atoms with E-state index in [-0.39, 0.29) is 11.9 Å². The molecule has 0 amide bonds. The highest BCUT2D eigenvalue weighted by Gasteiger charge is 2.25. The van der Waals surface area contributed by atoms with Crippen LogP contribution in [0.4, 0.5) is 4.39 Å². The maximum atomic E-state index is 15.0. The van der Waals surface area contributed by atoms with Crippen LogP contribution in [-0.2, 0) is 24.1 Å². The van der Waals surface area contributed by atoms with Crippen LogP contribution in [0.1, 0.15) is 31.0 Å². The molecule has 4 nitrogen and oxygen atoms in total.